The minimum Gasteiger partial charge on any atom is -0.464 e. The normalized spacial score (nSPS) is 11.0. The van der Waals surface area contributed by atoms with Gasteiger partial charge in [-0.15, -0.1) is 0 Å². The molecule has 0 aromatic heterocycles. The maximum absolute atomic E-state index is 11.3. The minimum absolute atomic E-state index is 0.0948. The van der Waals surface area contributed by atoms with Crippen LogP contribution in [0.1, 0.15) is 96.8 Å². The van der Waals surface area contributed by atoms with Crippen molar-refractivity contribution in [2.45, 2.75) is 96.8 Å². The van der Waals surface area contributed by atoms with Gasteiger partial charge in [0.15, 0.2) is 0 Å². The lowest BCUT2D eigenvalue weighted by Crippen LogP contribution is -2.35. The fourth-order valence-electron chi connectivity index (χ4n) is 2.83. The Kier molecular flexibility index (Phi) is 19.9. The van der Waals surface area contributed by atoms with Crippen molar-refractivity contribution in [2.75, 3.05) is 19.7 Å². The number of nitrogens with two attached hydrogens (primary N) is 1. The van der Waals surface area contributed by atoms with Crippen LogP contribution in [0.15, 0.2) is 12.2 Å². The minimum atomic E-state index is -0.399. The number of hydrogen-bond acceptors (Lipinski definition) is 4. The first-order chi connectivity index (χ1) is 13.2. The molecule has 27 heavy (non-hydrogen) atoms. The van der Waals surface area contributed by atoms with E-state index < -0.39 is 5.97 Å². The van der Waals surface area contributed by atoms with Crippen LogP contribution in [-0.2, 0) is 14.3 Å². The highest BCUT2D eigenvalue weighted by Crippen LogP contribution is 2.09. The summed E-state index contributed by atoms with van der Waals surface area (Å²) >= 11 is 0. The van der Waals surface area contributed by atoms with Gasteiger partial charge in [-0.05, 0) is 32.1 Å². The van der Waals surface area contributed by atoms with Gasteiger partial charge in [-0.2, -0.15) is 0 Å². The summed E-state index contributed by atoms with van der Waals surface area (Å²) in [5, 5.41) is 2.39. The quantitative estimate of drug-likeness (QED) is 0.194. The largest absolute Gasteiger partial charge is 0.464 e. The van der Waals surface area contributed by atoms with Gasteiger partial charge in [-0.1, -0.05) is 76.9 Å². The molecule has 0 unspecified atom stereocenters. The average molecular weight is 383 g/mol. The van der Waals surface area contributed by atoms with Crippen LogP contribution in [0.5, 0.6) is 0 Å². The van der Waals surface area contributed by atoms with Crippen molar-refractivity contribution in [3.63, 3.8) is 0 Å². The summed E-state index contributed by atoms with van der Waals surface area (Å²) in [6, 6.07) is 0. The Hall–Kier alpha value is -1.36. The van der Waals surface area contributed by atoms with Crippen molar-refractivity contribution in [1.82, 2.24) is 5.32 Å². The first kappa shape index (κ1) is 25.6. The van der Waals surface area contributed by atoms with Gasteiger partial charge in [0.05, 0.1) is 13.2 Å². The number of rotatable bonds is 19. The van der Waals surface area contributed by atoms with E-state index in [0.29, 0.717) is 6.61 Å². The standard InChI is InChI=1S/C22H42N2O3/c1-2-3-4-5-6-7-8-9-10-11-12-13-14-15-16-17-18-27-22(26)20-24-21(25)19-23/h9-10H,2-8,11-20,23H2,1H3,(H,24,25)/b10-9-. The number of unbranched alkanes of at least 4 members (excludes halogenated alkanes) is 12. The molecule has 1 amide bonds. The van der Waals surface area contributed by atoms with Crippen molar-refractivity contribution in [1.29, 1.82) is 0 Å². The fourth-order valence-corrected chi connectivity index (χ4v) is 2.83. The second kappa shape index (κ2) is 20.9. The smallest absolute Gasteiger partial charge is 0.325 e. The molecule has 3 N–H and O–H groups in total. The monoisotopic (exact) mass is 382 g/mol. The summed E-state index contributed by atoms with van der Waals surface area (Å²) in [4.78, 5) is 22.2. The highest BCUT2D eigenvalue weighted by molar-refractivity contribution is 5.82. The van der Waals surface area contributed by atoms with Crippen LogP contribution in [0, 0.1) is 0 Å². The summed E-state index contributed by atoms with van der Waals surface area (Å²) in [6.07, 6.45) is 22.3. The molecule has 0 aromatic carbocycles. The molecule has 0 radical (unpaired) electrons. The van der Waals surface area contributed by atoms with Crippen molar-refractivity contribution in [2.24, 2.45) is 5.73 Å². The molecule has 0 heterocycles. The second-order valence-corrected chi connectivity index (χ2v) is 7.14. The zero-order valence-corrected chi connectivity index (χ0v) is 17.5. The first-order valence-electron chi connectivity index (χ1n) is 11.0. The summed E-state index contributed by atoms with van der Waals surface area (Å²) in [5.41, 5.74) is 5.13. The fraction of sp³-hybridized carbons (Fsp3) is 0.818. The van der Waals surface area contributed by atoms with E-state index in [1.165, 1.54) is 77.0 Å². The molecule has 0 spiro atoms. The van der Waals surface area contributed by atoms with Crippen LogP contribution in [-0.4, -0.2) is 31.6 Å². The predicted molar refractivity (Wildman–Crippen MR) is 112 cm³/mol. The molecule has 0 aliphatic heterocycles. The van der Waals surface area contributed by atoms with Gasteiger partial charge in [-0.25, -0.2) is 0 Å². The van der Waals surface area contributed by atoms with Gasteiger partial charge in [0.2, 0.25) is 5.91 Å². The number of carbonyl (C=O) groups is 2. The van der Waals surface area contributed by atoms with Gasteiger partial charge in [0.1, 0.15) is 6.54 Å². The average Bonchev–Trinajstić information content (AvgIpc) is 2.68. The highest BCUT2D eigenvalue weighted by Gasteiger charge is 2.04. The van der Waals surface area contributed by atoms with Gasteiger partial charge in [0.25, 0.3) is 0 Å². The van der Waals surface area contributed by atoms with E-state index in [1.807, 2.05) is 0 Å². The molecule has 158 valence electrons. The van der Waals surface area contributed by atoms with Crippen LogP contribution in [0.3, 0.4) is 0 Å². The first-order valence-corrected chi connectivity index (χ1v) is 11.0. The maximum Gasteiger partial charge on any atom is 0.325 e. The number of amides is 1. The van der Waals surface area contributed by atoms with Crippen molar-refractivity contribution < 1.29 is 14.3 Å². The number of allylic oxidation sites excluding steroid dienone is 2. The Labute approximate surface area is 166 Å². The third kappa shape index (κ3) is 20.8. The molecular weight excluding hydrogens is 340 g/mol. The topological polar surface area (TPSA) is 81.4 Å². The Balaban J connectivity index is 3.21. The molecule has 5 nitrogen and oxygen atoms in total. The number of carbonyl (C=O) groups excluding carboxylic acids is 2. The van der Waals surface area contributed by atoms with Gasteiger partial charge >= 0.3 is 5.97 Å². The van der Waals surface area contributed by atoms with Crippen molar-refractivity contribution in [3.05, 3.63) is 12.2 Å². The van der Waals surface area contributed by atoms with Gasteiger partial charge in [0, 0.05) is 0 Å². The molecule has 0 saturated carbocycles. The molecule has 0 aliphatic rings. The van der Waals surface area contributed by atoms with Crippen molar-refractivity contribution >= 4 is 11.9 Å². The third-order valence-electron chi connectivity index (χ3n) is 4.53. The van der Waals surface area contributed by atoms with Crippen LogP contribution < -0.4 is 11.1 Å². The van der Waals surface area contributed by atoms with Crippen LogP contribution in [0.2, 0.25) is 0 Å². The number of hydrogen-bond donors (Lipinski definition) is 2. The van der Waals surface area contributed by atoms with Gasteiger partial charge < -0.3 is 15.8 Å². The summed E-state index contributed by atoms with van der Waals surface area (Å²) in [7, 11) is 0. The Bertz CT molecular complexity index is 384. The van der Waals surface area contributed by atoms with E-state index in [1.54, 1.807) is 0 Å². The summed E-state index contributed by atoms with van der Waals surface area (Å²) in [6.45, 7) is 2.48. The number of ether oxygens (including phenoxy) is 1. The molecule has 5 heteroatoms. The molecule has 0 aliphatic carbocycles. The Morgan fingerprint density at radius 3 is 1.89 bits per heavy atom. The van der Waals surface area contributed by atoms with Crippen LogP contribution in [0.4, 0.5) is 0 Å². The molecule has 0 rings (SSSR count). The number of nitrogens with one attached hydrogen (secondary N) is 1. The molecule has 0 fully saturated rings. The molecule has 0 aromatic rings. The third-order valence-corrected chi connectivity index (χ3v) is 4.53. The molecule has 0 bridgehead atoms. The predicted octanol–water partition coefficient (Wildman–Crippen LogP) is 4.64. The summed E-state index contributed by atoms with van der Waals surface area (Å²) in [5.74, 6) is -0.742. The zero-order chi connectivity index (χ0) is 20.0. The van der Waals surface area contributed by atoms with Crippen molar-refractivity contribution in [3.8, 4) is 0 Å². The van der Waals surface area contributed by atoms with E-state index >= 15 is 0 Å². The van der Waals surface area contributed by atoms with Crippen LogP contribution in [0.25, 0.3) is 0 Å². The molecule has 0 saturated heterocycles. The SMILES string of the molecule is CCCCCCCC/C=C\CCCCCCCCOC(=O)CNC(=O)CN. The lowest BCUT2D eigenvalue weighted by atomic mass is 10.1. The summed E-state index contributed by atoms with van der Waals surface area (Å²) < 4.78 is 5.05. The zero-order valence-electron chi connectivity index (χ0n) is 17.5. The Morgan fingerprint density at radius 2 is 1.33 bits per heavy atom. The van der Waals surface area contributed by atoms with E-state index in [9.17, 15) is 9.59 Å². The van der Waals surface area contributed by atoms with E-state index in [4.69, 9.17) is 10.5 Å². The van der Waals surface area contributed by atoms with E-state index in [0.717, 1.165) is 12.8 Å². The lowest BCUT2D eigenvalue weighted by Gasteiger charge is -2.05. The number of esters is 1. The van der Waals surface area contributed by atoms with Gasteiger partial charge in [-0.3, -0.25) is 9.59 Å². The Morgan fingerprint density at radius 1 is 0.815 bits per heavy atom. The van der Waals surface area contributed by atoms with E-state index in [2.05, 4.69) is 24.4 Å². The highest BCUT2D eigenvalue weighted by atomic mass is 16.5. The molecule has 0 atom stereocenters. The lowest BCUT2D eigenvalue weighted by molar-refractivity contribution is -0.143. The molecular formula is C22H42N2O3. The second-order valence-electron chi connectivity index (χ2n) is 7.14. The maximum atomic E-state index is 11.3. The van der Waals surface area contributed by atoms with Crippen LogP contribution >= 0.6 is 0 Å². The van der Waals surface area contributed by atoms with E-state index in [-0.39, 0.29) is 19.0 Å².